The van der Waals surface area contributed by atoms with Gasteiger partial charge in [-0.2, -0.15) is 0 Å². The van der Waals surface area contributed by atoms with Gasteiger partial charge in [0.2, 0.25) is 11.8 Å². The summed E-state index contributed by atoms with van der Waals surface area (Å²) in [5.41, 5.74) is 0.792. The van der Waals surface area contributed by atoms with Crippen LogP contribution in [0.15, 0.2) is 54.7 Å². The van der Waals surface area contributed by atoms with Crippen molar-refractivity contribution in [2.75, 3.05) is 12.3 Å². The number of carbonyl (C=O) groups excluding carboxylic acids is 3. The molecule has 2 amide bonds. The Hall–Kier alpha value is -2.87. The predicted octanol–water partition coefficient (Wildman–Crippen LogP) is 1.77. The predicted molar refractivity (Wildman–Crippen MR) is 112 cm³/mol. The first kappa shape index (κ1) is 20.4. The van der Waals surface area contributed by atoms with Crippen molar-refractivity contribution in [1.29, 1.82) is 0 Å². The average molecular weight is 426 g/mol. The van der Waals surface area contributed by atoms with Gasteiger partial charge in [0.05, 0.1) is 17.5 Å². The minimum Gasteiger partial charge on any atom is -0.459 e. The Labute approximate surface area is 179 Å². The molecule has 1 aromatic heterocycles. The third-order valence-electron chi connectivity index (χ3n) is 5.33. The Morgan fingerprint density at radius 2 is 2.00 bits per heavy atom. The molecule has 2 aliphatic rings. The van der Waals surface area contributed by atoms with Gasteiger partial charge in [-0.05, 0) is 24.6 Å². The zero-order valence-electron chi connectivity index (χ0n) is 16.6. The first-order valence-corrected chi connectivity index (χ1v) is 10.8. The molecule has 0 saturated carbocycles. The fourth-order valence-electron chi connectivity index (χ4n) is 3.63. The molecule has 7 nitrogen and oxygen atoms in total. The van der Waals surface area contributed by atoms with Crippen molar-refractivity contribution in [1.82, 2.24) is 15.2 Å². The number of thioether (sulfide) groups is 1. The number of hydrogen-bond donors (Lipinski definition) is 1. The Kier molecular flexibility index (Phi) is 5.76. The van der Waals surface area contributed by atoms with Gasteiger partial charge in [0.15, 0.2) is 0 Å². The number of hydrogen-bond acceptors (Lipinski definition) is 6. The summed E-state index contributed by atoms with van der Waals surface area (Å²) in [5, 5.41) is 2.70. The number of aromatic nitrogens is 1. The quantitative estimate of drug-likeness (QED) is 0.561. The fraction of sp³-hybridized carbons (Fsp3) is 0.364. The van der Waals surface area contributed by atoms with E-state index < -0.39 is 11.5 Å². The molecule has 0 radical (unpaired) electrons. The smallest absolute Gasteiger partial charge is 0.314 e. The van der Waals surface area contributed by atoms with Crippen LogP contribution in [0.1, 0.15) is 18.2 Å². The molecule has 8 heteroatoms. The van der Waals surface area contributed by atoms with E-state index in [4.69, 9.17) is 4.74 Å². The standard InChI is InChI=1S/C22H23N3O4S/c1-22(21(28)29-12-16-9-5-6-10-23-16)13-25-19(27)18(20(25)30-14-22)24-17(26)11-15-7-3-2-4-8-15/h2-10,18,20H,11-14H2,1H3,(H,24,26)/t18?,20-,22?/m1/s1. The van der Waals surface area contributed by atoms with Gasteiger partial charge in [0.25, 0.3) is 0 Å². The highest BCUT2D eigenvalue weighted by Gasteiger charge is 2.56. The zero-order valence-corrected chi connectivity index (χ0v) is 17.4. The maximum absolute atomic E-state index is 12.7. The van der Waals surface area contributed by atoms with E-state index in [1.54, 1.807) is 23.2 Å². The van der Waals surface area contributed by atoms with E-state index in [-0.39, 0.29) is 42.7 Å². The van der Waals surface area contributed by atoms with Crippen LogP contribution < -0.4 is 5.32 Å². The molecule has 3 atom stereocenters. The van der Waals surface area contributed by atoms with Crippen LogP contribution in [0.4, 0.5) is 0 Å². The van der Waals surface area contributed by atoms with E-state index in [1.807, 2.05) is 43.3 Å². The van der Waals surface area contributed by atoms with E-state index in [9.17, 15) is 14.4 Å². The van der Waals surface area contributed by atoms with Gasteiger partial charge in [0.1, 0.15) is 18.0 Å². The minimum atomic E-state index is -0.787. The summed E-state index contributed by atoms with van der Waals surface area (Å²) < 4.78 is 5.45. The van der Waals surface area contributed by atoms with E-state index in [1.165, 1.54) is 11.8 Å². The molecule has 1 N–H and O–H groups in total. The number of carbonyl (C=O) groups is 3. The molecule has 2 aliphatic heterocycles. The molecule has 1 aromatic carbocycles. The molecule has 0 spiro atoms. The third kappa shape index (κ3) is 4.18. The molecular formula is C22H23N3O4S. The van der Waals surface area contributed by atoms with Gasteiger partial charge in [-0.3, -0.25) is 19.4 Å². The monoisotopic (exact) mass is 425 g/mol. The Balaban J connectivity index is 1.30. The first-order valence-electron chi connectivity index (χ1n) is 9.79. The number of esters is 1. The van der Waals surface area contributed by atoms with E-state index >= 15 is 0 Å². The van der Waals surface area contributed by atoms with Crippen LogP contribution in [0.3, 0.4) is 0 Å². The van der Waals surface area contributed by atoms with Gasteiger partial charge in [0, 0.05) is 18.5 Å². The molecule has 2 fully saturated rings. The lowest BCUT2D eigenvalue weighted by Crippen LogP contribution is -2.73. The van der Waals surface area contributed by atoms with Crippen molar-refractivity contribution in [2.24, 2.45) is 5.41 Å². The molecular weight excluding hydrogens is 402 g/mol. The molecule has 30 heavy (non-hydrogen) atoms. The Bertz CT molecular complexity index is 940. The number of nitrogens with zero attached hydrogens (tertiary/aromatic N) is 2. The summed E-state index contributed by atoms with van der Waals surface area (Å²) in [6.45, 7) is 2.21. The summed E-state index contributed by atoms with van der Waals surface area (Å²) in [6.07, 6.45) is 1.89. The number of pyridine rings is 1. The summed E-state index contributed by atoms with van der Waals surface area (Å²) in [5.74, 6) is -0.156. The molecule has 2 saturated heterocycles. The third-order valence-corrected chi connectivity index (χ3v) is 7.00. The van der Waals surface area contributed by atoms with Gasteiger partial charge < -0.3 is 15.0 Å². The molecule has 0 bridgehead atoms. The van der Waals surface area contributed by atoms with Crippen molar-refractivity contribution < 1.29 is 19.1 Å². The summed E-state index contributed by atoms with van der Waals surface area (Å²) in [4.78, 5) is 43.4. The maximum atomic E-state index is 12.7. The minimum absolute atomic E-state index is 0.107. The second-order valence-corrected chi connectivity index (χ2v) is 8.94. The fourth-order valence-corrected chi connectivity index (χ4v) is 5.11. The second kappa shape index (κ2) is 8.47. The average Bonchev–Trinajstić information content (AvgIpc) is 2.77. The van der Waals surface area contributed by atoms with Crippen LogP contribution >= 0.6 is 11.8 Å². The van der Waals surface area contributed by atoms with Crippen molar-refractivity contribution in [3.05, 3.63) is 66.0 Å². The molecule has 3 heterocycles. The Morgan fingerprint density at radius 3 is 2.73 bits per heavy atom. The van der Waals surface area contributed by atoms with Gasteiger partial charge in [-0.15, -0.1) is 11.8 Å². The number of amides is 2. The van der Waals surface area contributed by atoms with E-state index in [0.29, 0.717) is 11.4 Å². The zero-order chi connectivity index (χ0) is 21.1. The van der Waals surface area contributed by atoms with Crippen molar-refractivity contribution in [3.63, 3.8) is 0 Å². The molecule has 4 rings (SSSR count). The second-order valence-electron chi connectivity index (χ2n) is 7.83. The number of ether oxygens (including phenoxy) is 1. The normalized spacial score (nSPS) is 25.1. The largest absolute Gasteiger partial charge is 0.459 e. The highest BCUT2D eigenvalue weighted by molar-refractivity contribution is 8.00. The van der Waals surface area contributed by atoms with E-state index in [2.05, 4.69) is 10.3 Å². The van der Waals surface area contributed by atoms with Gasteiger partial charge in [-0.1, -0.05) is 36.4 Å². The van der Waals surface area contributed by atoms with Gasteiger partial charge >= 0.3 is 5.97 Å². The number of nitrogens with one attached hydrogen (secondary N) is 1. The molecule has 156 valence electrons. The topological polar surface area (TPSA) is 88.6 Å². The lowest BCUT2D eigenvalue weighted by atomic mass is 9.89. The summed E-state index contributed by atoms with van der Waals surface area (Å²) in [6, 6.07) is 14.3. The summed E-state index contributed by atoms with van der Waals surface area (Å²) in [7, 11) is 0. The molecule has 2 unspecified atom stereocenters. The van der Waals surface area contributed by atoms with Crippen molar-refractivity contribution >= 4 is 29.5 Å². The highest BCUT2D eigenvalue weighted by Crippen LogP contribution is 2.42. The summed E-state index contributed by atoms with van der Waals surface area (Å²) >= 11 is 1.50. The number of β-lactam (4-membered cyclic amide) rings is 1. The van der Waals surface area contributed by atoms with Crippen LogP contribution in [0, 0.1) is 5.41 Å². The first-order chi connectivity index (χ1) is 14.5. The Morgan fingerprint density at radius 1 is 1.23 bits per heavy atom. The number of benzene rings is 1. The molecule has 2 aromatic rings. The van der Waals surface area contributed by atoms with Crippen LogP contribution in [0.5, 0.6) is 0 Å². The van der Waals surface area contributed by atoms with Crippen LogP contribution in [-0.2, 0) is 32.1 Å². The lowest BCUT2D eigenvalue weighted by molar-refractivity contribution is -0.162. The van der Waals surface area contributed by atoms with Crippen LogP contribution in [0.25, 0.3) is 0 Å². The van der Waals surface area contributed by atoms with Crippen molar-refractivity contribution in [3.8, 4) is 0 Å². The number of rotatable bonds is 6. The van der Waals surface area contributed by atoms with Crippen molar-refractivity contribution in [2.45, 2.75) is 31.4 Å². The highest BCUT2D eigenvalue weighted by atomic mass is 32.2. The maximum Gasteiger partial charge on any atom is 0.314 e. The van der Waals surface area contributed by atoms with Crippen LogP contribution in [0.2, 0.25) is 0 Å². The van der Waals surface area contributed by atoms with E-state index in [0.717, 1.165) is 5.56 Å². The lowest BCUT2D eigenvalue weighted by Gasteiger charge is -2.53. The van der Waals surface area contributed by atoms with Crippen LogP contribution in [-0.4, -0.2) is 51.4 Å². The van der Waals surface area contributed by atoms with Gasteiger partial charge in [-0.25, -0.2) is 0 Å². The molecule has 0 aliphatic carbocycles. The number of fused-ring (bicyclic) bond motifs is 1. The SMILES string of the molecule is CC1(C(=O)OCc2ccccn2)CS[C@@H]2C(NC(=O)Cc3ccccc3)C(=O)N2C1.